The van der Waals surface area contributed by atoms with Crippen LogP contribution in [0.1, 0.15) is 18.5 Å². The summed E-state index contributed by atoms with van der Waals surface area (Å²) in [5.41, 5.74) is 2.34. The second-order valence-corrected chi connectivity index (χ2v) is 5.59. The highest BCUT2D eigenvalue weighted by Crippen LogP contribution is 2.38. The van der Waals surface area contributed by atoms with Crippen molar-refractivity contribution in [2.24, 2.45) is 4.99 Å². The number of aromatic amines is 1. The Kier molecular flexibility index (Phi) is 2.94. The van der Waals surface area contributed by atoms with E-state index < -0.39 is 0 Å². The number of nitrogens with zero attached hydrogens (tertiary/aromatic N) is 2. The first-order chi connectivity index (χ1) is 9.15. The molecule has 6 heteroatoms. The summed E-state index contributed by atoms with van der Waals surface area (Å²) in [5, 5.41) is 27.3. The fourth-order valence-electron chi connectivity index (χ4n) is 2.15. The van der Waals surface area contributed by atoms with Crippen molar-refractivity contribution in [2.75, 3.05) is 5.75 Å². The molecule has 0 fully saturated rings. The first kappa shape index (κ1) is 12.1. The minimum Gasteiger partial charge on any atom is -0.508 e. The molecule has 0 saturated heterocycles. The molecule has 1 aromatic carbocycles. The van der Waals surface area contributed by atoms with E-state index in [9.17, 15) is 10.2 Å². The van der Waals surface area contributed by atoms with Gasteiger partial charge in [0, 0.05) is 22.9 Å². The minimum absolute atomic E-state index is 0.0249. The van der Waals surface area contributed by atoms with E-state index in [0.717, 1.165) is 22.1 Å². The molecular weight excluding hydrogens is 262 g/mol. The lowest BCUT2D eigenvalue weighted by atomic mass is 10.0. The summed E-state index contributed by atoms with van der Waals surface area (Å²) < 4.78 is 0. The molecule has 1 aliphatic rings. The van der Waals surface area contributed by atoms with E-state index >= 15 is 0 Å². The molecule has 1 aromatic heterocycles. The van der Waals surface area contributed by atoms with Gasteiger partial charge in [0.15, 0.2) is 0 Å². The summed E-state index contributed by atoms with van der Waals surface area (Å²) in [6, 6.07) is 4.59. The number of H-pyrrole nitrogens is 1. The van der Waals surface area contributed by atoms with Crippen LogP contribution in [0.4, 0.5) is 0 Å². The molecule has 3 N–H and O–H groups in total. The third-order valence-electron chi connectivity index (χ3n) is 3.07. The quantitative estimate of drug-likeness (QED) is 0.787. The fraction of sp³-hybridized carbons (Fsp3) is 0.231. The molecule has 0 amide bonds. The van der Waals surface area contributed by atoms with Crippen LogP contribution in [0.25, 0.3) is 11.3 Å². The molecule has 98 valence electrons. The standard InChI is InChI=1S/C13H13N3O2S/c1-7-15-11(6-19-7)10-5-14-16-13(10)9-3-2-8(17)4-12(9)18/h2-5,11,17-18H,6H2,1H3,(H,14,16). The predicted molar refractivity (Wildman–Crippen MR) is 75.7 cm³/mol. The van der Waals surface area contributed by atoms with Crippen molar-refractivity contribution in [1.82, 2.24) is 10.2 Å². The summed E-state index contributed by atoms with van der Waals surface area (Å²) in [6.45, 7) is 1.99. The molecule has 5 nitrogen and oxygen atoms in total. The van der Waals surface area contributed by atoms with Gasteiger partial charge in [-0.25, -0.2) is 0 Å². The second-order valence-electron chi connectivity index (χ2n) is 4.38. The normalized spacial score (nSPS) is 18.6. The van der Waals surface area contributed by atoms with Gasteiger partial charge >= 0.3 is 0 Å². The number of hydrogen-bond donors (Lipinski definition) is 3. The van der Waals surface area contributed by atoms with Gasteiger partial charge < -0.3 is 10.2 Å². The van der Waals surface area contributed by atoms with Crippen molar-refractivity contribution >= 4 is 16.8 Å². The van der Waals surface area contributed by atoms with Gasteiger partial charge in [-0.1, -0.05) is 0 Å². The van der Waals surface area contributed by atoms with E-state index in [1.54, 1.807) is 24.0 Å². The van der Waals surface area contributed by atoms with Gasteiger partial charge in [0.05, 0.1) is 23.0 Å². The Morgan fingerprint density at radius 1 is 1.37 bits per heavy atom. The topological polar surface area (TPSA) is 81.5 Å². The molecule has 0 aliphatic carbocycles. The molecule has 0 spiro atoms. The Hall–Kier alpha value is -1.95. The van der Waals surface area contributed by atoms with Crippen LogP contribution in [0.2, 0.25) is 0 Å². The maximum Gasteiger partial charge on any atom is 0.128 e. The number of aromatic hydroxyl groups is 2. The Balaban J connectivity index is 2.05. The molecule has 0 bridgehead atoms. The van der Waals surface area contributed by atoms with Crippen molar-refractivity contribution in [1.29, 1.82) is 0 Å². The first-order valence-electron chi connectivity index (χ1n) is 5.88. The number of phenolic OH excluding ortho intramolecular Hbond substituents is 2. The number of aliphatic imine (C=N–C) groups is 1. The number of aromatic nitrogens is 2. The van der Waals surface area contributed by atoms with Crippen LogP contribution in [0.3, 0.4) is 0 Å². The predicted octanol–water partition coefficient (Wildman–Crippen LogP) is 2.69. The first-order valence-corrected chi connectivity index (χ1v) is 6.86. The molecule has 1 atom stereocenters. The summed E-state index contributed by atoms with van der Waals surface area (Å²) in [4.78, 5) is 4.55. The van der Waals surface area contributed by atoms with Crippen LogP contribution in [-0.2, 0) is 0 Å². The average Bonchev–Trinajstić information content (AvgIpc) is 2.97. The van der Waals surface area contributed by atoms with E-state index in [1.807, 2.05) is 6.92 Å². The number of phenols is 2. The monoisotopic (exact) mass is 275 g/mol. The van der Waals surface area contributed by atoms with E-state index in [-0.39, 0.29) is 17.5 Å². The zero-order valence-electron chi connectivity index (χ0n) is 10.3. The van der Waals surface area contributed by atoms with Gasteiger partial charge in [0.25, 0.3) is 0 Å². The van der Waals surface area contributed by atoms with Gasteiger partial charge in [-0.2, -0.15) is 5.10 Å². The molecule has 3 rings (SSSR count). The van der Waals surface area contributed by atoms with Crippen LogP contribution in [0.15, 0.2) is 29.4 Å². The van der Waals surface area contributed by atoms with E-state index in [2.05, 4.69) is 15.2 Å². The van der Waals surface area contributed by atoms with Crippen LogP contribution >= 0.6 is 11.8 Å². The van der Waals surface area contributed by atoms with Crippen LogP contribution in [0.5, 0.6) is 11.5 Å². The number of nitrogens with one attached hydrogen (secondary N) is 1. The van der Waals surface area contributed by atoms with Gasteiger partial charge in [0.1, 0.15) is 11.5 Å². The van der Waals surface area contributed by atoms with Crippen LogP contribution in [0, 0.1) is 0 Å². The van der Waals surface area contributed by atoms with Gasteiger partial charge in [0.2, 0.25) is 0 Å². The zero-order chi connectivity index (χ0) is 13.4. The van der Waals surface area contributed by atoms with Crippen molar-refractivity contribution in [3.8, 4) is 22.8 Å². The minimum atomic E-state index is 0.0249. The van der Waals surface area contributed by atoms with E-state index in [1.165, 1.54) is 12.1 Å². The van der Waals surface area contributed by atoms with Gasteiger partial charge in [-0.15, -0.1) is 11.8 Å². The SMILES string of the molecule is CC1=NC(c2cn[nH]c2-c2ccc(O)cc2O)CS1. The highest BCUT2D eigenvalue weighted by Gasteiger charge is 2.23. The number of benzene rings is 1. The van der Waals surface area contributed by atoms with Gasteiger partial charge in [-0.3, -0.25) is 10.1 Å². The third kappa shape index (κ3) is 2.19. The summed E-state index contributed by atoms with van der Waals surface area (Å²) in [5.74, 6) is 0.946. The molecule has 1 unspecified atom stereocenters. The van der Waals surface area contributed by atoms with Crippen molar-refractivity contribution in [3.05, 3.63) is 30.0 Å². The Bertz CT molecular complexity index is 651. The Morgan fingerprint density at radius 3 is 2.89 bits per heavy atom. The van der Waals surface area contributed by atoms with Crippen molar-refractivity contribution < 1.29 is 10.2 Å². The molecule has 1 aliphatic heterocycles. The maximum atomic E-state index is 9.93. The molecule has 0 radical (unpaired) electrons. The second kappa shape index (κ2) is 4.62. The number of thioether (sulfide) groups is 1. The fourth-order valence-corrected chi connectivity index (χ4v) is 3.00. The van der Waals surface area contributed by atoms with Crippen molar-refractivity contribution in [3.63, 3.8) is 0 Å². The average molecular weight is 275 g/mol. The summed E-state index contributed by atoms with van der Waals surface area (Å²) >= 11 is 1.72. The molecule has 0 saturated carbocycles. The largest absolute Gasteiger partial charge is 0.508 e. The smallest absolute Gasteiger partial charge is 0.128 e. The summed E-state index contributed by atoms with van der Waals surface area (Å²) in [6.07, 6.45) is 1.74. The Morgan fingerprint density at radius 2 is 2.21 bits per heavy atom. The molecule has 2 aromatic rings. The van der Waals surface area contributed by atoms with Crippen molar-refractivity contribution in [2.45, 2.75) is 13.0 Å². The molecule has 2 heterocycles. The molecular formula is C13H13N3O2S. The highest BCUT2D eigenvalue weighted by atomic mass is 32.2. The lowest BCUT2D eigenvalue weighted by Crippen LogP contribution is -1.95. The lowest BCUT2D eigenvalue weighted by molar-refractivity contribution is 0.451. The number of rotatable bonds is 2. The lowest BCUT2D eigenvalue weighted by Gasteiger charge is -2.09. The van der Waals surface area contributed by atoms with E-state index in [0.29, 0.717) is 5.56 Å². The number of hydrogen-bond acceptors (Lipinski definition) is 5. The Labute approximate surface area is 114 Å². The highest BCUT2D eigenvalue weighted by molar-refractivity contribution is 8.14. The molecule has 19 heavy (non-hydrogen) atoms. The zero-order valence-corrected chi connectivity index (χ0v) is 11.1. The summed E-state index contributed by atoms with van der Waals surface area (Å²) in [7, 11) is 0. The third-order valence-corrected chi connectivity index (χ3v) is 4.07. The maximum absolute atomic E-state index is 9.93. The van der Waals surface area contributed by atoms with E-state index in [4.69, 9.17) is 0 Å². The van der Waals surface area contributed by atoms with Gasteiger partial charge in [-0.05, 0) is 19.1 Å². The van der Waals surface area contributed by atoms with Crippen LogP contribution in [-0.4, -0.2) is 31.2 Å². The van der Waals surface area contributed by atoms with Crippen LogP contribution < -0.4 is 0 Å².